The number of nitrogens with one attached hydrogen (secondary N) is 1. The van der Waals surface area contributed by atoms with E-state index in [1.165, 1.54) is 32.1 Å². The molecule has 2 fully saturated rings. The Hall–Kier alpha value is -0.570. The minimum atomic E-state index is 0.391. The fourth-order valence-corrected chi connectivity index (χ4v) is 3.42. The van der Waals surface area contributed by atoms with E-state index in [0.29, 0.717) is 11.9 Å². The summed E-state index contributed by atoms with van der Waals surface area (Å²) < 4.78 is 0. The third-order valence-electron chi connectivity index (χ3n) is 4.73. The molecule has 0 atom stereocenters. The first kappa shape index (κ1) is 13.9. The molecule has 104 valence electrons. The van der Waals surface area contributed by atoms with Crippen molar-refractivity contribution in [3.05, 3.63) is 0 Å². The lowest BCUT2D eigenvalue weighted by molar-refractivity contribution is -0.132. The van der Waals surface area contributed by atoms with Crippen molar-refractivity contribution < 1.29 is 4.79 Å². The second kappa shape index (κ2) is 7.13. The summed E-state index contributed by atoms with van der Waals surface area (Å²) in [7, 11) is 2.02. The zero-order chi connectivity index (χ0) is 12.8. The summed E-state index contributed by atoms with van der Waals surface area (Å²) in [6.07, 6.45) is 11.0. The summed E-state index contributed by atoms with van der Waals surface area (Å²) in [5.74, 6) is 1.32. The fourth-order valence-electron chi connectivity index (χ4n) is 3.42. The average molecular weight is 252 g/mol. The fraction of sp³-hybridized carbons (Fsp3) is 0.933. The van der Waals surface area contributed by atoms with Crippen LogP contribution in [-0.2, 0) is 4.79 Å². The highest BCUT2D eigenvalue weighted by molar-refractivity contribution is 5.76. The van der Waals surface area contributed by atoms with Crippen LogP contribution in [0.25, 0.3) is 0 Å². The van der Waals surface area contributed by atoms with E-state index >= 15 is 0 Å². The molecule has 1 saturated carbocycles. The van der Waals surface area contributed by atoms with Crippen molar-refractivity contribution in [3.63, 3.8) is 0 Å². The van der Waals surface area contributed by atoms with E-state index in [2.05, 4.69) is 10.2 Å². The maximum atomic E-state index is 12.1. The Morgan fingerprint density at radius 3 is 2.44 bits per heavy atom. The van der Waals surface area contributed by atoms with Crippen LogP contribution in [0, 0.1) is 5.92 Å². The van der Waals surface area contributed by atoms with Gasteiger partial charge >= 0.3 is 0 Å². The Morgan fingerprint density at radius 2 is 1.83 bits per heavy atom. The van der Waals surface area contributed by atoms with Gasteiger partial charge in [-0.15, -0.1) is 0 Å². The first-order valence-electron chi connectivity index (χ1n) is 7.74. The van der Waals surface area contributed by atoms with Crippen molar-refractivity contribution in [1.29, 1.82) is 0 Å². The zero-order valence-corrected chi connectivity index (χ0v) is 11.8. The van der Waals surface area contributed by atoms with Gasteiger partial charge in [0.15, 0.2) is 0 Å². The molecule has 1 aliphatic carbocycles. The van der Waals surface area contributed by atoms with Crippen molar-refractivity contribution in [2.24, 2.45) is 5.92 Å². The van der Waals surface area contributed by atoms with E-state index in [0.717, 1.165) is 44.7 Å². The van der Waals surface area contributed by atoms with Gasteiger partial charge < -0.3 is 10.2 Å². The molecule has 1 saturated heterocycles. The molecule has 3 heteroatoms. The summed E-state index contributed by atoms with van der Waals surface area (Å²) in [5.41, 5.74) is 0. The second-order valence-electron chi connectivity index (χ2n) is 5.99. The van der Waals surface area contributed by atoms with Gasteiger partial charge in [-0.25, -0.2) is 0 Å². The molecule has 1 N–H and O–H groups in total. The highest BCUT2D eigenvalue weighted by atomic mass is 16.2. The van der Waals surface area contributed by atoms with Crippen LogP contribution in [0.1, 0.15) is 57.8 Å². The molecule has 1 amide bonds. The number of carbonyl (C=O) groups is 1. The lowest BCUT2D eigenvalue weighted by Crippen LogP contribution is -2.43. The molecule has 0 unspecified atom stereocenters. The number of amides is 1. The van der Waals surface area contributed by atoms with Crippen LogP contribution in [0.5, 0.6) is 0 Å². The van der Waals surface area contributed by atoms with Crippen LogP contribution >= 0.6 is 0 Å². The lowest BCUT2D eigenvalue weighted by Gasteiger charge is -2.32. The molecule has 0 aromatic carbocycles. The van der Waals surface area contributed by atoms with E-state index < -0.39 is 0 Å². The molecule has 1 heterocycles. The van der Waals surface area contributed by atoms with E-state index in [-0.39, 0.29) is 0 Å². The molecule has 0 bridgehead atoms. The predicted octanol–water partition coefficient (Wildman–Crippen LogP) is 2.56. The Labute approximate surface area is 111 Å². The number of likely N-dealkylation sites (tertiary alicyclic amines) is 1. The number of rotatable bonds is 5. The number of piperidine rings is 1. The average Bonchev–Trinajstić information content (AvgIpc) is 2.92. The summed E-state index contributed by atoms with van der Waals surface area (Å²) in [4.78, 5) is 14.1. The molecule has 0 radical (unpaired) electrons. The van der Waals surface area contributed by atoms with Crippen LogP contribution in [0.2, 0.25) is 0 Å². The highest BCUT2D eigenvalue weighted by Crippen LogP contribution is 2.29. The largest absolute Gasteiger partial charge is 0.343 e. The maximum absolute atomic E-state index is 12.1. The molecule has 2 rings (SSSR count). The first-order valence-corrected chi connectivity index (χ1v) is 7.74. The van der Waals surface area contributed by atoms with Gasteiger partial charge in [-0.2, -0.15) is 0 Å². The van der Waals surface area contributed by atoms with Crippen molar-refractivity contribution in [2.75, 3.05) is 20.1 Å². The van der Waals surface area contributed by atoms with Crippen LogP contribution in [0.4, 0.5) is 0 Å². The van der Waals surface area contributed by atoms with E-state index in [4.69, 9.17) is 0 Å². The molecular weight excluding hydrogens is 224 g/mol. The van der Waals surface area contributed by atoms with Crippen LogP contribution < -0.4 is 5.32 Å². The molecule has 18 heavy (non-hydrogen) atoms. The maximum Gasteiger partial charge on any atom is 0.222 e. The number of hydrogen-bond acceptors (Lipinski definition) is 2. The Balaban J connectivity index is 1.59. The minimum absolute atomic E-state index is 0.391. The van der Waals surface area contributed by atoms with E-state index in [1.54, 1.807) is 0 Å². The van der Waals surface area contributed by atoms with Crippen molar-refractivity contribution in [2.45, 2.75) is 63.8 Å². The van der Waals surface area contributed by atoms with Gasteiger partial charge in [0.2, 0.25) is 5.91 Å². The molecule has 1 aliphatic heterocycles. The van der Waals surface area contributed by atoms with Crippen molar-refractivity contribution in [1.82, 2.24) is 10.2 Å². The third kappa shape index (κ3) is 3.98. The summed E-state index contributed by atoms with van der Waals surface area (Å²) in [6, 6.07) is 0.618. The number of hydrogen-bond donors (Lipinski definition) is 1. The highest BCUT2D eigenvalue weighted by Gasteiger charge is 2.22. The van der Waals surface area contributed by atoms with Crippen molar-refractivity contribution in [3.8, 4) is 0 Å². The van der Waals surface area contributed by atoms with E-state index in [9.17, 15) is 4.79 Å². The van der Waals surface area contributed by atoms with Gasteiger partial charge in [-0.3, -0.25) is 4.79 Å². The summed E-state index contributed by atoms with van der Waals surface area (Å²) in [6.45, 7) is 1.90. The monoisotopic (exact) mass is 252 g/mol. The molecule has 0 spiro atoms. The Kier molecular flexibility index (Phi) is 5.48. The standard InChI is InChI=1S/C15H28N2O/c1-16-14-9-11-17(12-10-14)15(18)8-4-7-13-5-2-3-6-13/h13-14,16H,2-12H2,1H3. The van der Waals surface area contributed by atoms with Gasteiger partial charge in [0.25, 0.3) is 0 Å². The minimum Gasteiger partial charge on any atom is -0.343 e. The van der Waals surface area contributed by atoms with Gasteiger partial charge in [-0.05, 0) is 38.6 Å². The van der Waals surface area contributed by atoms with Crippen LogP contribution in [-0.4, -0.2) is 37.0 Å². The normalized spacial score (nSPS) is 22.6. The second-order valence-corrected chi connectivity index (χ2v) is 5.99. The lowest BCUT2D eigenvalue weighted by atomic mass is 9.99. The first-order chi connectivity index (χ1) is 8.79. The number of carbonyl (C=O) groups excluding carboxylic acids is 1. The molecule has 3 nitrogen and oxygen atoms in total. The smallest absolute Gasteiger partial charge is 0.222 e. The molecule has 0 aromatic rings. The quantitative estimate of drug-likeness (QED) is 0.815. The topological polar surface area (TPSA) is 32.3 Å². The van der Waals surface area contributed by atoms with E-state index in [1.807, 2.05) is 7.05 Å². The number of nitrogens with zero attached hydrogens (tertiary/aromatic N) is 1. The van der Waals surface area contributed by atoms with Crippen LogP contribution in [0.15, 0.2) is 0 Å². The SMILES string of the molecule is CNC1CCN(C(=O)CCCC2CCCC2)CC1. The predicted molar refractivity (Wildman–Crippen MR) is 74.5 cm³/mol. The zero-order valence-electron chi connectivity index (χ0n) is 11.8. The third-order valence-corrected chi connectivity index (χ3v) is 4.73. The van der Waals surface area contributed by atoms with Crippen LogP contribution in [0.3, 0.4) is 0 Å². The molecule has 2 aliphatic rings. The van der Waals surface area contributed by atoms with Crippen molar-refractivity contribution >= 4 is 5.91 Å². The summed E-state index contributed by atoms with van der Waals surface area (Å²) in [5, 5.41) is 3.31. The van der Waals surface area contributed by atoms with Gasteiger partial charge in [0.05, 0.1) is 0 Å². The Bertz CT molecular complexity index is 253. The molecular formula is C15H28N2O. The Morgan fingerprint density at radius 1 is 1.17 bits per heavy atom. The van der Waals surface area contributed by atoms with Gasteiger partial charge in [0, 0.05) is 25.6 Å². The summed E-state index contributed by atoms with van der Waals surface area (Å²) >= 11 is 0. The van der Waals surface area contributed by atoms with Gasteiger partial charge in [-0.1, -0.05) is 25.7 Å². The molecule has 0 aromatic heterocycles. The van der Waals surface area contributed by atoms with Gasteiger partial charge in [0.1, 0.15) is 0 Å².